The van der Waals surface area contributed by atoms with Gasteiger partial charge in [-0.25, -0.2) is 4.98 Å². The Bertz CT molecular complexity index is 288. The molecule has 1 heterocycles. The Labute approximate surface area is 70.4 Å². The van der Waals surface area contributed by atoms with Crippen LogP contribution in [0.1, 0.15) is 0 Å². The topological polar surface area (TPSA) is 26.0 Å². The van der Waals surface area contributed by atoms with Crippen LogP contribution >= 0.6 is 0 Å². The minimum atomic E-state index is 0. The van der Waals surface area contributed by atoms with Crippen LogP contribution in [0.15, 0.2) is 35.1 Å². The Hall–Kier alpha value is -0.713. The Morgan fingerprint density at radius 1 is 1.20 bits per heavy atom. The quantitative estimate of drug-likeness (QED) is 0.499. The monoisotopic (exact) mass is 126 g/mol. The molecule has 0 bridgehead atoms. The Kier molecular flexibility index (Phi) is 2.16. The fourth-order valence-corrected chi connectivity index (χ4v) is 0.803. The van der Waals surface area contributed by atoms with Gasteiger partial charge < -0.3 is 4.42 Å². The van der Waals surface area contributed by atoms with Crippen molar-refractivity contribution in [3.63, 3.8) is 0 Å². The molecule has 1 radical (unpaired) electrons. The number of hydrogen-bond donors (Lipinski definition) is 0. The molecule has 2 nitrogen and oxygen atoms in total. The van der Waals surface area contributed by atoms with Crippen LogP contribution in [0.3, 0.4) is 0 Å². The summed E-state index contributed by atoms with van der Waals surface area (Å²) in [6.07, 6.45) is 1.45. The van der Waals surface area contributed by atoms with Crippen molar-refractivity contribution in [3.05, 3.63) is 30.7 Å². The fourth-order valence-electron chi connectivity index (χ4n) is 0.803. The van der Waals surface area contributed by atoms with Crippen LogP contribution < -0.4 is 0 Å². The summed E-state index contributed by atoms with van der Waals surface area (Å²) >= 11 is 0. The van der Waals surface area contributed by atoms with Crippen LogP contribution in [-0.2, 0) is 0 Å². The molecule has 2 rings (SSSR count). The molecule has 0 fully saturated rings. The SMILES string of the molecule is [Li].c1ccc2ocnc2c1. The van der Waals surface area contributed by atoms with Crippen molar-refractivity contribution in [1.82, 2.24) is 4.98 Å². The molecule has 1 aromatic heterocycles. The molecule has 45 valence electrons. The maximum Gasteiger partial charge on any atom is 0.181 e. The van der Waals surface area contributed by atoms with Gasteiger partial charge >= 0.3 is 0 Å². The van der Waals surface area contributed by atoms with E-state index in [4.69, 9.17) is 4.42 Å². The normalized spacial score (nSPS) is 9.20. The van der Waals surface area contributed by atoms with E-state index in [1.54, 1.807) is 0 Å². The van der Waals surface area contributed by atoms with Gasteiger partial charge in [-0.1, -0.05) is 12.1 Å². The van der Waals surface area contributed by atoms with E-state index in [0.29, 0.717) is 0 Å². The van der Waals surface area contributed by atoms with Crippen LogP contribution in [-0.4, -0.2) is 23.8 Å². The van der Waals surface area contributed by atoms with Gasteiger partial charge in [-0.3, -0.25) is 0 Å². The molecule has 10 heavy (non-hydrogen) atoms. The van der Waals surface area contributed by atoms with E-state index in [1.807, 2.05) is 24.3 Å². The molecule has 0 aliphatic heterocycles. The van der Waals surface area contributed by atoms with Crippen LogP contribution in [0.2, 0.25) is 0 Å². The standard InChI is InChI=1S/C7H5NO.Li/c1-2-4-7-6(3-1)8-5-9-7;/h1-5H;. The number of oxazole rings is 1. The zero-order valence-corrected chi connectivity index (χ0v) is 5.74. The first-order valence-electron chi connectivity index (χ1n) is 2.75. The Morgan fingerprint density at radius 2 is 2.00 bits per heavy atom. The number of nitrogens with zero attached hydrogens (tertiary/aromatic N) is 1. The molecule has 2 aromatic rings. The van der Waals surface area contributed by atoms with Gasteiger partial charge in [0.1, 0.15) is 5.52 Å². The van der Waals surface area contributed by atoms with Gasteiger partial charge in [0, 0.05) is 18.9 Å². The van der Waals surface area contributed by atoms with Crippen molar-refractivity contribution < 1.29 is 4.42 Å². The number of aromatic nitrogens is 1. The average molecular weight is 126 g/mol. The van der Waals surface area contributed by atoms with E-state index in [2.05, 4.69) is 4.98 Å². The molecule has 0 aliphatic carbocycles. The molecule has 0 saturated carbocycles. The van der Waals surface area contributed by atoms with Crippen molar-refractivity contribution in [3.8, 4) is 0 Å². The molecule has 0 spiro atoms. The average Bonchev–Trinajstić information content (AvgIpc) is 2.33. The maximum atomic E-state index is 5.01. The van der Waals surface area contributed by atoms with Gasteiger partial charge in [-0.15, -0.1) is 0 Å². The van der Waals surface area contributed by atoms with Gasteiger partial charge in [-0.2, -0.15) is 0 Å². The van der Waals surface area contributed by atoms with Crippen molar-refractivity contribution in [1.29, 1.82) is 0 Å². The van der Waals surface area contributed by atoms with E-state index in [1.165, 1.54) is 6.39 Å². The van der Waals surface area contributed by atoms with Crippen LogP contribution in [0, 0.1) is 0 Å². The Balaban J connectivity index is 0.000000500. The number of fused-ring (bicyclic) bond motifs is 1. The minimum Gasteiger partial charge on any atom is -0.443 e. The molecule has 0 N–H and O–H groups in total. The van der Waals surface area contributed by atoms with E-state index in [9.17, 15) is 0 Å². The predicted octanol–water partition coefficient (Wildman–Crippen LogP) is 1.45. The maximum absolute atomic E-state index is 5.01. The first kappa shape index (κ1) is 7.40. The largest absolute Gasteiger partial charge is 0.443 e. The van der Waals surface area contributed by atoms with Crippen molar-refractivity contribution in [2.24, 2.45) is 0 Å². The predicted molar refractivity (Wildman–Crippen MR) is 39.8 cm³/mol. The molecular weight excluding hydrogens is 121 g/mol. The second-order valence-electron chi connectivity index (χ2n) is 1.82. The second kappa shape index (κ2) is 2.92. The first-order valence-corrected chi connectivity index (χ1v) is 2.75. The summed E-state index contributed by atoms with van der Waals surface area (Å²) in [5.41, 5.74) is 1.76. The molecule has 0 atom stereocenters. The Morgan fingerprint density at radius 3 is 2.80 bits per heavy atom. The van der Waals surface area contributed by atoms with Crippen LogP contribution in [0.25, 0.3) is 11.1 Å². The van der Waals surface area contributed by atoms with Gasteiger partial charge in [0.15, 0.2) is 12.0 Å². The van der Waals surface area contributed by atoms with E-state index < -0.39 is 0 Å². The van der Waals surface area contributed by atoms with Gasteiger partial charge in [0.05, 0.1) is 0 Å². The molecule has 0 amide bonds. The van der Waals surface area contributed by atoms with Crippen molar-refractivity contribution >= 4 is 30.0 Å². The number of hydrogen-bond acceptors (Lipinski definition) is 2. The number of benzene rings is 1. The second-order valence-corrected chi connectivity index (χ2v) is 1.82. The number of rotatable bonds is 0. The third kappa shape index (κ3) is 1.09. The van der Waals surface area contributed by atoms with Gasteiger partial charge in [0.2, 0.25) is 0 Å². The summed E-state index contributed by atoms with van der Waals surface area (Å²) in [6, 6.07) is 7.67. The van der Waals surface area contributed by atoms with Gasteiger partial charge in [-0.05, 0) is 12.1 Å². The molecule has 0 unspecified atom stereocenters. The third-order valence-corrected chi connectivity index (χ3v) is 1.24. The third-order valence-electron chi connectivity index (χ3n) is 1.24. The molecule has 0 saturated heterocycles. The van der Waals surface area contributed by atoms with Crippen LogP contribution in [0.4, 0.5) is 0 Å². The molecular formula is C7H5LiNO. The minimum absolute atomic E-state index is 0. The summed E-state index contributed by atoms with van der Waals surface area (Å²) < 4.78 is 5.01. The summed E-state index contributed by atoms with van der Waals surface area (Å²) in [5.74, 6) is 0. The smallest absolute Gasteiger partial charge is 0.181 e. The molecule has 3 heteroatoms. The number of para-hydroxylation sites is 2. The summed E-state index contributed by atoms with van der Waals surface area (Å²) in [5, 5.41) is 0. The van der Waals surface area contributed by atoms with E-state index in [0.717, 1.165) is 11.1 Å². The molecule has 0 aliphatic rings. The van der Waals surface area contributed by atoms with Crippen molar-refractivity contribution in [2.75, 3.05) is 0 Å². The summed E-state index contributed by atoms with van der Waals surface area (Å²) in [6.45, 7) is 0. The summed E-state index contributed by atoms with van der Waals surface area (Å²) in [4.78, 5) is 3.95. The van der Waals surface area contributed by atoms with Gasteiger partial charge in [0.25, 0.3) is 0 Å². The van der Waals surface area contributed by atoms with Crippen LogP contribution in [0.5, 0.6) is 0 Å². The zero-order chi connectivity index (χ0) is 6.10. The van der Waals surface area contributed by atoms with Crippen molar-refractivity contribution in [2.45, 2.75) is 0 Å². The fraction of sp³-hybridized carbons (Fsp3) is 0. The summed E-state index contributed by atoms with van der Waals surface area (Å²) in [7, 11) is 0. The first-order chi connectivity index (χ1) is 4.47. The zero-order valence-electron chi connectivity index (χ0n) is 5.74. The molecule has 1 aromatic carbocycles. The van der Waals surface area contributed by atoms with E-state index in [-0.39, 0.29) is 18.9 Å². The van der Waals surface area contributed by atoms with E-state index >= 15 is 0 Å².